The summed E-state index contributed by atoms with van der Waals surface area (Å²) in [4.78, 5) is 0. The van der Waals surface area contributed by atoms with Crippen molar-refractivity contribution in [3.63, 3.8) is 0 Å². The molecular weight excluding hydrogens is 105 g/mol. The Morgan fingerprint density at radius 2 is 1.88 bits per heavy atom. The van der Waals surface area contributed by atoms with Crippen LogP contribution in [0.1, 0.15) is 26.7 Å². The number of rotatable bonds is 2. The van der Waals surface area contributed by atoms with Gasteiger partial charge in [-0.3, -0.25) is 0 Å². The first-order valence-corrected chi connectivity index (χ1v) is 2.99. The lowest BCUT2D eigenvalue weighted by molar-refractivity contribution is 0.339. The van der Waals surface area contributed by atoms with Crippen LogP contribution in [0.2, 0.25) is 0 Å². The van der Waals surface area contributed by atoms with Gasteiger partial charge in [0.1, 0.15) is 0 Å². The van der Waals surface area contributed by atoms with Crippen LogP contribution in [0.4, 0.5) is 4.39 Å². The normalized spacial score (nSPS) is 11.6. The minimum Gasteiger partial charge on any atom is -0.333 e. The van der Waals surface area contributed by atoms with Crippen LogP contribution in [0, 0.1) is 0 Å². The fraction of sp³-hybridized carbons (Fsp3) is 1.00. The maximum Gasteiger partial charge on any atom is 0.0973 e. The quantitative estimate of drug-likeness (QED) is 0.591. The maximum atomic E-state index is 11.7. The highest BCUT2D eigenvalue weighted by Gasteiger charge is 1.90. The summed E-state index contributed by atoms with van der Waals surface area (Å²) >= 11 is 0. The second-order valence-corrected chi connectivity index (χ2v) is 1.57. The van der Waals surface area contributed by atoms with Gasteiger partial charge in [0.2, 0.25) is 0 Å². The minimum atomic E-state index is -0.602. The van der Waals surface area contributed by atoms with E-state index >= 15 is 0 Å². The summed E-state index contributed by atoms with van der Waals surface area (Å²) in [6.45, 7) is 3.57. The second kappa shape index (κ2) is 10.00. The summed E-state index contributed by atoms with van der Waals surface area (Å²) < 4.78 is 11.7. The average Bonchev–Trinajstić information content (AvgIpc) is 1.72. The largest absolute Gasteiger partial charge is 0.333 e. The molecule has 0 aliphatic carbocycles. The van der Waals surface area contributed by atoms with Crippen molar-refractivity contribution in [1.29, 1.82) is 0 Å². The van der Waals surface area contributed by atoms with Crippen LogP contribution in [-0.2, 0) is 0 Å². The van der Waals surface area contributed by atoms with Crippen LogP contribution >= 0.6 is 0 Å². The molecule has 0 aliphatic rings. The van der Waals surface area contributed by atoms with Gasteiger partial charge in [-0.05, 0) is 20.4 Å². The predicted molar refractivity (Wildman–Crippen MR) is 35.6 cm³/mol. The van der Waals surface area contributed by atoms with Crippen LogP contribution in [0.5, 0.6) is 0 Å². The molecule has 2 heteroatoms. The van der Waals surface area contributed by atoms with Crippen LogP contribution < -0.4 is 5.73 Å². The van der Waals surface area contributed by atoms with E-state index < -0.39 is 6.17 Å². The van der Waals surface area contributed by atoms with Gasteiger partial charge in [0.15, 0.2) is 0 Å². The molecule has 2 N–H and O–H groups in total. The van der Waals surface area contributed by atoms with Crippen molar-refractivity contribution in [2.75, 3.05) is 7.05 Å². The Balaban J connectivity index is 0. The molecule has 0 radical (unpaired) electrons. The molecule has 1 atom stereocenters. The second-order valence-electron chi connectivity index (χ2n) is 1.57. The van der Waals surface area contributed by atoms with E-state index in [1.165, 1.54) is 7.05 Å². The molecule has 0 rings (SSSR count). The Labute approximate surface area is 51.1 Å². The molecule has 0 amide bonds. The monoisotopic (exact) mass is 121 g/mol. The maximum absolute atomic E-state index is 11.7. The summed E-state index contributed by atoms with van der Waals surface area (Å²) in [5.41, 5.74) is 4.50. The molecule has 0 spiro atoms. The van der Waals surface area contributed by atoms with Gasteiger partial charge in [0.05, 0.1) is 6.17 Å². The Kier molecular flexibility index (Phi) is 13.5. The lowest BCUT2D eigenvalue weighted by Gasteiger charge is -1.91. The molecule has 0 aliphatic heterocycles. The van der Waals surface area contributed by atoms with E-state index in [1.807, 2.05) is 6.92 Å². The first-order valence-electron chi connectivity index (χ1n) is 2.99. The number of hydrogen-bond donors (Lipinski definition) is 1. The van der Waals surface area contributed by atoms with E-state index in [9.17, 15) is 4.39 Å². The molecule has 52 valence electrons. The number of alkyl halides is 1. The highest BCUT2D eigenvalue weighted by atomic mass is 19.1. The molecule has 0 fully saturated rings. The number of nitrogens with two attached hydrogens (primary N) is 1. The lowest BCUT2D eigenvalue weighted by atomic mass is 10.2. The van der Waals surface area contributed by atoms with Crippen LogP contribution in [0.15, 0.2) is 0 Å². The van der Waals surface area contributed by atoms with Crippen molar-refractivity contribution in [2.45, 2.75) is 32.9 Å². The molecule has 0 aromatic carbocycles. The molecule has 0 aromatic rings. The molecule has 0 aromatic heterocycles. The van der Waals surface area contributed by atoms with E-state index in [4.69, 9.17) is 0 Å². The molecule has 1 nitrogen and oxygen atoms in total. The topological polar surface area (TPSA) is 26.0 Å². The summed E-state index contributed by atoms with van der Waals surface area (Å²) in [6, 6.07) is 0. The van der Waals surface area contributed by atoms with Gasteiger partial charge in [-0.15, -0.1) is 0 Å². The number of halogens is 1. The van der Waals surface area contributed by atoms with Gasteiger partial charge in [-0.25, -0.2) is 4.39 Å². The summed E-state index contributed by atoms with van der Waals surface area (Å²) in [7, 11) is 1.50. The zero-order chi connectivity index (χ0) is 6.99. The first kappa shape index (κ1) is 10.8. The van der Waals surface area contributed by atoms with E-state index in [1.54, 1.807) is 6.92 Å². The summed E-state index contributed by atoms with van der Waals surface area (Å²) in [5.74, 6) is 0. The fourth-order valence-corrected chi connectivity index (χ4v) is 0.398. The van der Waals surface area contributed by atoms with Crippen LogP contribution in [0.3, 0.4) is 0 Å². The fourth-order valence-electron chi connectivity index (χ4n) is 0.398. The third-order valence-corrected chi connectivity index (χ3v) is 0.686. The third-order valence-electron chi connectivity index (χ3n) is 0.686. The summed E-state index contributed by atoms with van der Waals surface area (Å²) in [5, 5.41) is 0. The van der Waals surface area contributed by atoms with Gasteiger partial charge in [-0.1, -0.05) is 13.3 Å². The molecule has 0 heterocycles. The van der Waals surface area contributed by atoms with Crippen molar-refractivity contribution < 1.29 is 4.39 Å². The van der Waals surface area contributed by atoms with Crippen LogP contribution in [-0.4, -0.2) is 13.2 Å². The zero-order valence-corrected chi connectivity index (χ0v) is 5.95. The van der Waals surface area contributed by atoms with Crippen LogP contribution in [0.25, 0.3) is 0 Å². The van der Waals surface area contributed by atoms with Gasteiger partial charge in [0.25, 0.3) is 0 Å². The lowest BCUT2D eigenvalue weighted by Crippen LogP contribution is -1.87. The first-order chi connectivity index (χ1) is 3.77. The molecule has 0 saturated heterocycles. The van der Waals surface area contributed by atoms with Crippen molar-refractivity contribution in [3.05, 3.63) is 0 Å². The highest BCUT2D eigenvalue weighted by Crippen LogP contribution is 1.97. The van der Waals surface area contributed by atoms with Gasteiger partial charge in [-0.2, -0.15) is 0 Å². The van der Waals surface area contributed by atoms with Gasteiger partial charge >= 0.3 is 0 Å². The van der Waals surface area contributed by atoms with Crippen molar-refractivity contribution in [3.8, 4) is 0 Å². The van der Waals surface area contributed by atoms with E-state index in [0.29, 0.717) is 6.42 Å². The Morgan fingerprint density at radius 3 is 1.88 bits per heavy atom. The van der Waals surface area contributed by atoms with Gasteiger partial charge in [0, 0.05) is 0 Å². The van der Waals surface area contributed by atoms with Crippen molar-refractivity contribution in [2.24, 2.45) is 5.73 Å². The van der Waals surface area contributed by atoms with Crippen molar-refractivity contribution in [1.82, 2.24) is 0 Å². The zero-order valence-electron chi connectivity index (χ0n) is 5.95. The minimum absolute atomic E-state index is 0.602. The van der Waals surface area contributed by atoms with E-state index in [0.717, 1.165) is 6.42 Å². The SMILES string of the molecule is CCCC(C)F.CN. The van der Waals surface area contributed by atoms with Crippen molar-refractivity contribution >= 4 is 0 Å². The predicted octanol–water partition coefficient (Wildman–Crippen LogP) is 1.72. The average molecular weight is 121 g/mol. The molecule has 0 saturated carbocycles. The molecular formula is C6H16FN. The Bertz CT molecular complexity index is 29.7. The standard InChI is InChI=1S/C5H11F.CH5N/c1-3-4-5(2)6;1-2/h5H,3-4H2,1-2H3;2H2,1H3. The molecule has 8 heavy (non-hydrogen) atoms. The van der Waals surface area contributed by atoms with E-state index in [2.05, 4.69) is 5.73 Å². The Hall–Kier alpha value is -0.110. The summed E-state index contributed by atoms with van der Waals surface area (Å²) in [6.07, 6.45) is 1.06. The Morgan fingerprint density at radius 1 is 1.50 bits per heavy atom. The number of hydrogen-bond acceptors (Lipinski definition) is 1. The third kappa shape index (κ3) is 16.9. The van der Waals surface area contributed by atoms with Gasteiger partial charge < -0.3 is 5.73 Å². The highest BCUT2D eigenvalue weighted by molar-refractivity contribution is 4.41. The van der Waals surface area contributed by atoms with E-state index in [-0.39, 0.29) is 0 Å². The molecule has 0 bridgehead atoms. The smallest absolute Gasteiger partial charge is 0.0973 e. The molecule has 1 unspecified atom stereocenters.